The molecular formula is C12H13N3O2. The maximum absolute atomic E-state index is 11.1. The molecule has 1 heterocycles. The molecule has 1 aromatic heterocycles. The highest BCUT2D eigenvalue weighted by molar-refractivity contribution is 5.90. The molecule has 5 heteroatoms. The number of hydrogen-bond donors (Lipinski definition) is 1. The van der Waals surface area contributed by atoms with Crippen molar-refractivity contribution in [3.63, 3.8) is 0 Å². The standard InChI is InChI=1S/C12H13N3O2/c1-17-10-4-2-9(3-5-10)8-15-11(12(13)16)6-7-14-15/h2-7H,8H2,1H3,(H2,13,16). The van der Waals surface area contributed by atoms with E-state index in [1.54, 1.807) is 24.1 Å². The molecule has 0 saturated heterocycles. The fourth-order valence-corrected chi connectivity index (χ4v) is 1.57. The number of hydrogen-bond acceptors (Lipinski definition) is 3. The Morgan fingerprint density at radius 1 is 1.35 bits per heavy atom. The zero-order chi connectivity index (χ0) is 12.3. The van der Waals surface area contributed by atoms with Crippen LogP contribution in [-0.4, -0.2) is 22.8 Å². The number of methoxy groups -OCH3 is 1. The summed E-state index contributed by atoms with van der Waals surface area (Å²) in [5, 5.41) is 4.06. The normalized spacial score (nSPS) is 10.2. The summed E-state index contributed by atoms with van der Waals surface area (Å²) in [7, 11) is 1.62. The molecule has 0 aliphatic heterocycles. The van der Waals surface area contributed by atoms with E-state index in [-0.39, 0.29) is 0 Å². The fraction of sp³-hybridized carbons (Fsp3) is 0.167. The Labute approximate surface area is 98.8 Å². The molecule has 0 aliphatic carbocycles. The van der Waals surface area contributed by atoms with Gasteiger partial charge in [0, 0.05) is 6.20 Å². The zero-order valence-electron chi connectivity index (χ0n) is 9.46. The van der Waals surface area contributed by atoms with Gasteiger partial charge in [-0.3, -0.25) is 9.48 Å². The second-order valence-corrected chi connectivity index (χ2v) is 3.59. The van der Waals surface area contributed by atoms with Crippen LogP contribution in [0.5, 0.6) is 5.75 Å². The van der Waals surface area contributed by atoms with E-state index in [4.69, 9.17) is 10.5 Å². The van der Waals surface area contributed by atoms with Crippen LogP contribution >= 0.6 is 0 Å². The molecule has 17 heavy (non-hydrogen) atoms. The second-order valence-electron chi connectivity index (χ2n) is 3.59. The Bertz CT molecular complexity index is 517. The molecule has 2 N–H and O–H groups in total. The lowest BCUT2D eigenvalue weighted by Crippen LogP contribution is -2.18. The van der Waals surface area contributed by atoms with E-state index >= 15 is 0 Å². The number of primary amides is 1. The number of amides is 1. The van der Waals surface area contributed by atoms with E-state index in [0.29, 0.717) is 12.2 Å². The molecule has 5 nitrogen and oxygen atoms in total. The van der Waals surface area contributed by atoms with Gasteiger partial charge < -0.3 is 10.5 Å². The fourth-order valence-electron chi connectivity index (χ4n) is 1.57. The van der Waals surface area contributed by atoms with E-state index < -0.39 is 5.91 Å². The average molecular weight is 231 g/mol. The van der Waals surface area contributed by atoms with Gasteiger partial charge in [-0.1, -0.05) is 12.1 Å². The van der Waals surface area contributed by atoms with Gasteiger partial charge in [-0.15, -0.1) is 0 Å². The number of rotatable bonds is 4. The molecule has 0 radical (unpaired) electrons. The van der Waals surface area contributed by atoms with Gasteiger partial charge >= 0.3 is 0 Å². The molecule has 0 fully saturated rings. The molecular weight excluding hydrogens is 218 g/mol. The van der Waals surface area contributed by atoms with Gasteiger partial charge in [0.15, 0.2) is 0 Å². The summed E-state index contributed by atoms with van der Waals surface area (Å²) in [4.78, 5) is 11.1. The minimum atomic E-state index is -0.476. The number of ether oxygens (including phenoxy) is 1. The molecule has 0 unspecified atom stereocenters. The van der Waals surface area contributed by atoms with Gasteiger partial charge in [0.2, 0.25) is 0 Å². The molecule has 2 aromatic rings. The van der Waals surface area contributed by atoms with Crippen molar-refractivity contribution in [2.24, 2.45) is 5.73 Å². The quantitative estimate of drug-likeness (QED) is 0.854. The number of carbonyl (C=O) groups is 1. The summed E-state index contributed by atoms with van der Waals surface area (Å²) >= 11 is 0. The summed E-state index contributed by atoms with van der Waals surface area (Å²) in [6, 6.07) is 9.17. The Morgan fingerprint density at radius 2 is 2.06 bits per heavy atom. The first-order valence-electron chi connectivity index (χ1n) is 5.15. The molecule has 1 amide bonds. The van der Waals surface area contributed by atoms with E-state index in [1.807, 2.05) is 24.3 Å². The van der Waals surface area contributed by atoms with Crippen molar-refractivity contribution in [3.05, 3.63) is 47.8 Å². The van der Waals surface area contributed by atoms with Crippen LogP contribution in [-0.2, 0) is 6.54 Å². The van der Waals surface area contributed by atoms with Gasteiger partial charge in [-0.05, 0) is 23.8 Å². The largest absolute Gasteiger partial charge is 0.497 e. The summed E-state index contributed by atoms with van der Waals surface area (Å²) < 4.78 is 6.64. The lowest BCUT2D eigenvalue weighted by Gasteiger charge is -2.06. The van der Waals surface area contributed by atoms with Crippen molar-refractivity contribution in [3.8, 4) is 5.75 Å². The first kappa shape index (κ1) is 11.2. The van der Waals surface area contributed by atoms with E-state index in [1.165, 1.54) is 0 Å². The number of nitrogens with two attached hydrogens (primary N) is 1. The van der Waals surface area contributed by atoms with E-state index in [2.05, 4.69) is 5.10 Å². The van der Waals surface area contributed by atoms with Gasteiger partial charge in [-0.2, -0.15) is 5.10 Å². The molecule has 0 spiro atoms. The molecule has 0 atom stereocenters. The summed E-state index contributed by atoms with van der Waals surface area (Å²) in [6.45, 7) is 0.509. The molecule has 0 saturated carbocycles. The Hall–Kier alpha value is -2.30. The molecule has 1 aromatic carbocycles. The number of aromatic nitrogens is 2. The third-order valence-electron chi connectivity index (χ3n) is 2.46. The minimum Gasteiger partial charge on any atom is -0.497 e. The lowest BCUT2D eigenvalue weighted by molar-refractivity contribution is 0.0990. The number of nitrogens with zero attached hydrogens (tertiary/aromatic N) is 2. The van der Waals surface area contributed by atoms with Crippen molar-refractivity contribution in [2.45, 2.75) is 6.54 Å². The maximum atomic E-state index is 11.1. The first-order valence-corrected chi connectivity index (χ1v) is 5.15. The highest BCUT2D eigenvalue weighted by Gasteiger charge is 2.08. The highest BCUT2D eigenvalue weighted by Crippen LogP contribution is 2.12. The Morgan fingerprint density at radius 3 is 2.65 bits per heavy atom. The Balaban J connectivity index is 2.19. The zero-order valence-corrected chi connectivity index (χ0v) is 9.46. The van der Waals surface area contributed by atoms with Crippen LogP contribution in [0.3, 0.4) is 0 Å². The van der Waals surface area contributed by atoms with Crippen LogP contribution in [0, 0.1) is 0 Å². The second kappa shape index (κ2) is 4.69. The third kappa shape index (κ3) is 2.44. The summed E-state index contributed by atoms with van der Waals surface area (Å²) in [5.41, 5.74) is 6.67. The molecule has 2 rings (SSSR count). The van der Waals surface area contributed by atoms with Crippen molar-refractivity contribution in [1.82, 2.24) is 9.78 Å². The highest BCUT2D eigenvalue weighted by atomic mass is 16.5. The monoisotopic (exact) mass is 231 g/mol. The Kier molecular flexibility index (Phi) is 3.09. The van der Waals surface area contributed by atoms with Crippen LogP contribution in [0.1, 0.15) is 16.1 Å². The van der Waals surface area contributed by atoms with Crippen LogP contribution in [0.2, 0.25) is 0 Å². The van der Waals surface area contributed by atoms with E-state index in [0.717, 1.165) is 11.3 Å². The molecule has 0 aliphatic rings. The van der Waals surface area contributed by atoms with Crippen molar-refractivity contribution >= 4 is 5.91 Å². The summed E-state index contributed by atoms with van der Waals surface area (Å²) in [5.74, 6) is 0.320. The van der Waals surface area contributed by atoms with Crippen molar-refractivity contribution in [1.29, 1.82) is 0 Å². The van der Waals surface area contributed by atoms with Gasteiger partial charge in [0.1, 0.15) is 11.4 Å². The third-order valence-corrected chi connectivity index (χ3v) is 2.46. The van der Waals surface area contributed by atoms with Crippen LogP contribution < -0.4 is 10.5 Å². The molecule has 88 valence electrons. The smallest absolute Gasteiger partial charge is 0.266 e. The first-order chi connectivity index (χ1) is 8.20. The number of benzene rings is 1. The van der Waals surface area contributed by atoms with Gasteiger partial charge in [0.25, 0.3) is 5.91 Å². The molecule has 0 bridgehead atoms. The minimum absolute atomic E-state index is 0.404. The van der Waals surface area contributed by atoms with E-state index in [9.17, 15) is 4.79 Å². The van der Waals surface area contributed by atoms with Crippen LogP contribution in [0.25, 0.3) is 0 Å². The predicted molar refractivity (Wildman–Crippen MR) is 62.8 cm³/mol. The maximum Gasteiger partial charge on any atom is 0.266 e. The summed E-state index contributed by atoms with van der Waals surface area (Å²) in [6.07, 6.45) is 1.56. The van der Waals surface area contributed by atoms with Crippen LogP contribution in [0.4, 0.5) is 0 Å². The van der Waals surface area contributed by atoms with Gasteiger partial charge in [0.05, 0.1) is 13.7 Å². The predicted octanol–water partition coefficient (Wildman–Crippen LogP) is 1.04. The van der Waals surface area contributed by atoms with Crippen LogP contribution in [0.15, 0.2) is 36.5 Å². The topological polar surface area (TPSA) is 70.1 Å². The lowest BCUT2D eigenvalue weighted by atomic mass is 10.2. The van der Waals surface area contributed by atoms with Crippen molar-refractivity contribution in [2.75, 3.05) is 7.11 Å². The number of carbonyl (C=O) groups excluding carboxylic acids is 1. The average Bonchev–Trinajstić information content (AvgIpc) is 2.78. The van der Waals surface area contributed by atoms with Crippen molar-refractivity contribution < 1.29 is 9.53 Å². The van der Waals surface area contributed by atoms with Gasteiger partial charge in [-0.25, -0.2) is 0 Å². The SMILES string of the molecule is COc1ccc(Cn2nccc2C(N)=O)cc1.